The van der Waals surface area contributed by atoms with Crippen LogP contribution in [-0.2, 0) is 54.3 Å². The van der Waals surface area contributed by atoms with E-state index in [1.807, 2.05) is 79.7 Å². The fraction of sp³-hybridized carbons (Fsp3) is 0.411. The van der Waals surface area contributed by atoms with Crippen LogP contribution in [0.4, 0.5) is 0 Å². The molecule has 68 heavy (non-hydrogen) atoms. The Morgan fingerprint density at radius 2 is 1.24 bits per heavy atom. The Labute approximate surface area is 397 Å². The van der Waals surface area contributed by atoms with Gasteiger partial charge in [0.15, 0.2) is 0 Å². The van der Waals surface area contributed by atoms with E-state index in [4.69, 9.17) is 28.5 Å². The van der Waals surface area contributed by atoms with Crippen LogP contribution in [-0.4, -0.2) is 80.9 Å². The monoisotopic (exact) mass is 925 g/mol. The van der Waals surface area contributed by atoms with Crippen molar-refractivity contribution in [3.05, 3.63) is 120 Å². The molecule has 1 aliphatic rings. The number of rotatable bonds is 25. The number of fused-ring (bicyclic) bond motifs is 4. The molecule has 12 heteroatoms. The van der Waals surface area contributed by atoms with E-state index in [9.17, 15) is 24.3 Å². The summed E-state index contributed by atoms with van der Waals surface area (Å²) in [6.45, 7) is 7.75. The highest BCUT2D eigenvalue weighted by atomic mass is 16.6. The molecular weight excluding hydrogens is 863 g/mol. The summed E-state index contributed by atoms with van der Waals surface area (Å²) in [6, 6.07) is 36.4. The van der Waals surface area contributed by atoms with Crippen LogP contribution in [0.1, 0.15) is 83.8 Å². The maximum Gasteiger partial charge on any atom is 0.312 e. The maximum absolute atomic E-state index is 14.4. The Hall–Kier alpha value is -6.37. The zero-order chi connectivity index (χ0) is 48.1. The van der Waals surface area contributed by atoms with Gasteiger partial charge in [-0.05, 0) is 94.8 Å². The molecule has 0 aromatic heterocycles. The summed E-state index contributed by atoms with van der Waals surface area (Å²) in [5.74, 6) is -3.96. The lowest BCUT2D eigenvalue weighted by Crippen LogP contribution is -2.43. The summed E-state index contributed by atoms with van der Waals surface area (Å²) < 4.78 is 28.6. The molecule has 1 aliphatic heterocycles. The summed E-state index contributed by atoms with van der Waals surface area (Å²) >= 11 is 0. The molecule has 12 nitrogen and oxygen atoms in total. The van der Waals surface area contributed by atoms with Crippen molar-refractivity contribution in [1.29, 1.82) is 0 Å². The third-order valence-corrected chi connectivity index (χ3v) is 13.2. The largest absolute Gasteiger partial charge is 0.465 e. The molecule has 6 aromatic rings. The fourth-order valence-electron chi connectivity index (χ4n) is 9.15. The zero-order valence-corrected chi connectivity index (χ0v) is 39.6. The van der Waals surface area contributed by atoms with E-state index in [0.29, 0.717) is 25.9 Å². The van der Waals surface area contributed by atoms with Gasteiger partial charge in [0.2, 0.25) is 0 Å². The Balaban J connectivity index is 1.01. The number of carbonyl (C=O) groups excluding carboxylic acids is 4. The summed E-state index contributed by atoms with van der Waals surface area (Å²) in [5.41, 5.74) is -0.752. The summed E-state index contributed by atoms with van der Waals surface area (Å²) in [7, 11) is 0. The van der Waals surface area contributed by atoms with E-state index in [1.165, 1.54) is 0 Å². The Kier molecular flexibility index (Phi) is 16.8. The predicted octanol–water partition coefficient (Wildman–Crippen LogP) is 10.4. The van der Waals surface area contributed by atoms with Gasteiger partial charge in [0.1, 0.15) is 13.2 Å². The number of benzene rings is 6. The molecule has 0 saturated carbocycles. The standard InChI is InChI=1S/C56H63NO11/c1-5-55(3,53(61)67-36-50-47-22-12-8-18-41(47)32-42-19-9-13-23-48(42)50)37-56(4,54(62)65-29-24-44-35-66-44)33-43(52(60)64-26-14-25-58)30-38(2)51(59)63-27-15-28-68-57-34-49-45-20-10-6-16-39(45)31-40-17-7-11-21-46(40)49/h6-13,16-23,31-32,34,38,43-44,58H,5,14-15,24-30,33,35-37H2,1-4H3. The number of aliphatic hydroxyl groups is 1. The maximum atomic E-state index is 14.4. The highest BCUT2D eigenvalue weighted by molar-refractivity contribution is 6.13. The molecule has 0 spiro atoms. The molecule has 0 aliphatic carbocycles. The van der Waals surface area contributed by atoms with Gasteiger partial charge in [-0.3, -0.25) is 19.2 Å². The third-order valence-electron chi connectivity index (χ3n) is 13.2. The average molecular weight is 926 g/mol. The number of aliphatic hydroxyl groups excluding tert-OH is 1. The van der Waals surface area contributed by atoms with E-state index in [1.54, 1.807) is 27.0 Å². The minimum absolute atomic E-state index is 0.00318. The minimum Gasteiger partial charge on any atom is -0.465 e. The van der Waals surface area contributed by atoms with Crippen LogP contribution in [0.3, 0.4) is 0 Å². The van der Waals surface area contributed by atoms with Gasteiger partial charge in [0.05, 0.1) is 61.4 Å². The van der Waals surface area contributed by atoms with Crippen LogP contribution in [0, 0.1) is 22.7 Å². The molecule has 5 atom stereocenters. The second-order valence-corrected chi connectivity index (χ2v) is 18.5. The van der Waals surface area contributed by atoms with Crippen molar-refractivity contribution < 1.29 is 52.8 Å². The second kappa shape index (κ2) is 23.1. The van der Waals surface area contributed by atoms with Crippen LogP contribution in [0.25, 0.3) is 43.1 Å². The number of esters is 4. The first kappa shape index (κ1) is 49.5. The zero-order valence-electron chi connectivity index (χ0n) is 39.6. The molecule has 1 heterocycles. The molecule has 0 bridgehead atoms. The Morgan fingerprint density at radius 3 is 1.81 bits per heavy atom. The number of carbonyl (C=O) groups is 4. The lowest BCUT2D eigenvalue weighted by Gasteiger charge is -2.38. The first-order chi connectivity index (χ1) is 32.9. The van der Waals surface area contributed by atoms with Gasteiger partial charge in [-0.15, -0.1) is 0 Å². The molecule has 1 saturated heterocycles. The predicted molar refractivity (Wildman–Crippen MR) is 263 cm³/mol. The molecule has 7 rings (SSSR count). The number of oxime groups is 1. The highest BCUT2D eigenvalue weighted by Gasteiger charge is 2.48. The van der Waals surface area contributed by atoms with Gasteiger partial charge in [0, 0.05) is 37.0 Å². The molecule has 1 fully saturated rings. The van der Waals surface area contributed by atoms with Crippen molar-refractivity contribution in [2.75, 3.05) is 39.6 Å². The van der Waals surface area contributed by atoms with Gasteiger partial charge in [-0.2, -0.15) is 0 Å². The van der Waals surface area contributed by atoms with E-state index in [0.717, 1.165) is 54.2 Å². The van der Waals surface area contributed by atoms with Crippen LogP contribution in [0.5, 0.6) is 0 Å². The molecule has 1 N–H and O–H groups in total. The number of ether oxygens (including phenoxy) is 5. The molecular formula is C56H63NO11. The lowest BCUT2D eigenvalue weighted by atomic mass is 9.67. The van der Waals surface area contributed by atoms with E-state index < -0.39 is 46.5 Å². The van der Waals surface area contributed by atoms with Crippen LogP contribution in [0.15, 0.2) is 114 Å². The number of epoxide rings is 1. The second-order valence-electron chi connectivity index (χ2n) is 18.5. The van der Waals surface area contributed by atoms with Crippen LogP contribution >= 0.6 is 0 Å². The van der Waals surface area contributed by atoms with E-state index >= 15 is 0 Å². The number of nitrogens with zero attached hydrogens (tertiary/aromatic N) is 1. The molecule has 358 valence electrons. The Morgan fingerprint density at radius 1 is 0.706 bits per heavy atom. The number of hydrogen-bond acceptors (Lipinski definition) is 12. The van der Waals surface area contributed by atoms with Crippen molar-refractivity contribution >= 4 is 73.2 Å². The molecule has 6 aromatic carbocycles. The van der Waals surface area contributed by atoms with Crippen LogP contribution in [0.2, 0.25) is 0 Å². The molecule has 0 radical (unpaired) electrons. The fourth-order valence-corrected chi connectivity index (χ4v) is 9.15. The SMILES string of the molecule is CCC(C)(CC(C)(CC(CC(C)C(=O)OCCCON=Cc1c2ccccc2cc2ccccc12)C(=O)OCCCO)C(=O)OCCC1CO1)C(=O)OCc1c2ccccc2cc2ccccc12. The summed E-state index contributed by atoms with van der Waals surface area (Å²) in [5, 5.41) is 22.0. The summed E-state index contributed by atoms with van der Waals surface area (Å²) in [6.07, 6.45) is 3.06. The summed E-state index contributed by atoms with van der Waals surface area (Å²) in [4.78, 5) is 61.7. The molecule has 5 unspecified atom stereocenters. The lowest BCUT2D eigenvalue weighted by molar-refractivity contribution is -0.167. The van der Waals surface area contributed by atoms with Crippen molar-refractivity contribution in [2.45, 2.75) is 85.4 Å². The first-order valence-electron chi connectivity index (χ1n) is 23.8. The topological polar surface area (TPSA) is 160 Å². The van der Waals surface area contributed by atoms with Crippen molar-refractivity contribution in [2.24, 2.45) is 27.8 Å². The van der Waals surface area contributed by atoms with Crippen molar-refractivity contribution in [3.63, 3.8) is 0 Å². The number of hydrogen-bond donors (Lipinski definition) is 1. The normalized spacial score (nSPS) is 16.2. The van der Waals surface area contributed by atoms with E-state index in [2.05, 4.69) is 41.6 Å². The molecule has 0 amide bonds. The Bertz CT molecular complexity index is 2640. The van der Waals surface area contributed by atoms with Crippen molar-refractivity contribution in [1.82, 2.24) is 0 Å². The van der Waals surface area contributed by atoms with Crippen LogP contribution < -0.4 is 0 Å². The highest BCUT2D eigenvalue weighted by Crippen LogP contribution is 2.44. The smallest absolute Gasteiger partial charge is 0.312 e. The van der Waals surface area contributed by atoms with Gasteiger partial charge < -0.3 is 33.6 Å². The third kappa shape index (κ3) is 12.4. The van der Waals surface area contributed by atoms with Crippen molar-refractivity contribution in [3.8, 4) is 0 Å². The van der Waals surface area contributed by atoms with Gasteiger partial charge in [0.25, 0.3) is 0 Å². The van der Waals surface area contributed by atoms with Gasteiger partial charge in [-0.1, -0.05) is 116 Å². The van der Waals surface area contributed by atoms with Gasteiger partial charge >= 0.3 is 23.9 Å². The first-order valence-corrected chi connectivity index (χ1v) is 23.8. The average Bonchev–Trinajstić information content (AvgIpc) is 4.18. The van der Waals surface area contributed by atoms with E-state index in [-0.39, 0.29) is 71.4 Å². The quantitative estimate of drug-likeness (QED) is 0.0111. The van der Waals surface area contributed by atoms with Gasteiger partial charge in [-0.25, -0.2) is 0 Å². The minimum atomic E-state index is -1.40.